The number of aryl methyl sites for hydroxylation is 2. The van der Waals surface area contributed by atoms with E-state index in [-0.39, 0.29) is 11.3 Å². The van der Waals surface area contributed by atoms with Crippen LogP contribution in [0, 0.1) is 0 Å². The first-order valence-electron chi connectivity index (χ1n) is 9.51. The zero-order valence-electron chi connectivity index (χ0n) is 16.1. The minimum absolute atomic E-state index is 0.228. The zero-order valence-corrected chi connectivity index (χ0v) is 16.9. The molecular weight excluding hydrogens is 386 g/mol. The summed E-state index contributed by atoms with van der Waals surface area (Å²) < 4.78 is 7.01. The van der Waals surface area contributed by atoms with Crippen molar-refractivity contribution in [2.45, 2.75) is 37.2 Å². The Morgan fingerprint density at radius 1 is 1.07 bits per heavy atom. The van der Waals surface area contributed by atoms with Crippen molar-refractivity contribution in [2.75, 3.05) is 0 Å². The van der Waals surface area contributed by atoms with Gasteiger partial charge in [0.2, 0.25) is 0 Å². The Balaban J connectivity index is 1.55. The molecule has 2 heterocycles. The first-order valence-corrected chi connectivity index (χ1v) is 10.5. The van der Waals surface area contributed by atoms with Crippen LogP contribution in [0.2, 0.25) is 0 Å². The molecule has 2 aromatic carbocycles. The van der Waals surface area contributed by atoms with Gasteiger partial charge in [-0.1, -0.05) is 61.2 Å². The van der Waals surface area contributed by atoms with E-state index < -0.39 is 0 Å². The molecule has 0 saturated heterocycles. The van der Waals surface area contributed by atoms with Crippen LogP contribution in [0.25, 0.3) is 11.0 Å². The fourth-order valence-corrected chi connectivity index (χ4v) is 4.22. The third-order valence-electron chi connectivity index (χ3n) is 4.85. The zero-order chi connectivity index (χ0) is 20.2. The SMILES string of the molecule is CCc1ccc2c(CSc3n[nH]c(=O)n3CCc3ccccc3)cc(=O)oc2c1. The lowest BCUT2D eigenvalue weighted by Gasteiger charge is -2.08. The largest absolute Gasteiger partial charge is 0.423 e. The number of hydrogen-bond acceptors (Lipinski definition) is 5. The summed E-state index contributed by atoms with van der Waals surface area (Å²) in [5.41, 5.74) is 3.14. The highest BCUT2D eigenvalue weighted by atomic mass is 32.2. The number of aromatic nitrogens is 3. The molecule has 2 aromatic heterocycles. The molecule has 0 saturated carbocycles. The Morgan fingerprint density at radius 3 is 2.69 bits per heavy atom. The van der Waals surface area contributed by atoms with E-state index in [9.17, 15) is 9.59 Å². The molecule has 0 aliphatic heterocycles. The van der Waals surface area contributed by atoms with Crippen LogP contribution in [0.5, 0.6) is 0 Å². The van der Waals surface area contributed by atoms with E-state index in [0.29, 0.717) is 23.0 Å². The van der Waals surface area contributed by atoms with Crippen LogP contribution in [0.3, 0.4) is 0 Å². The molecule has 0 amide bonds. The maximum Gasteiger partial charge on any atom is 0.343 e. The van der Waals surface area contributed by atoms with Crippen molar-refractivity contribution in [1.82, 2.24) is 14.8 Å². The van der Waals surface area contributed by atoms with Gasteiger partial charge in [0.05, 0.1) is 0 Å². The average molecular weight is 407 g/mol. The van der Waals surface area contributed by atoms with E-state index in [4.69, 9.17) is 4.42 Å². The second-order valence-electron chi connectivity index (χ2n) is 6.76. The Bertz CT molecular complexity index is 1240. The topological polar surface area (TPSA) is 80.9 Å². The molecule has 4 rings (SSSR count). The molecule has 4 aromatic rings. The van der Waals surface area contributed by atoms with Crippen molar-refractivity contribution < 1.29 is 4.42 Å². The van der Waals surface area contributed by atoms with Crippen molar-refractivity contribution in [3.63, 3.8) is 0 Å². The van der Waals surface area contributed by atoms with Crippen LogP contribution in [0.4, 0.5) is 0 Å². The van der Waals surface area contributed by atoms with Gasteiger partial charge in [-0.3, -0.25) is 4.57 Å². The highest BCUT2D eigenvalue weighted by Crippen LogP contribution is 2.25. The van der Waals surface area contributed by atoms with Gasteiger partial charge < -0.3 is 4.42 Å². The van der Waals surface area contributed by atoms with E-state index in [0.717, 1.165) is 34.9 Å². The van der Waals surface area contributed by atoms with Crippen molar-refractivity contribution in [2.24, 2.45) is 0 Å². The van der Waals surface area contributed by atoms with Crippen molar-refractivity contribution >= 4 is 22.7 Å². The maximum absolute atomic E-state index is 12.2. The maximum atomic E-state index is 12.2. The Labute approximate surface area is 171 Å². The van der Waals surface area contributed by atoms with Gasteiger partial charge >= 0.3 is 11.3 Å². The van der Waals surface area contributed by atoms with Gasteiger partial charge in [0, 0.05) is 23.8 Å². The summed E-state index contributed by atoms with van der Waals surface area (Å²) in [5.74, 6) is 0.517. The van der Waals surface area contributed by atoms with Gasteiger partial charge in [0.25, 0.3) is 0 Å². The van der Waals surface area contributed by atoms with Crippen LogP contribution in [-0.2, 0) is 25.1 Å². The van der Waals surface area contributed by atoms with Crippen LogP contribution < -0.4 is 11.3 Å². The van der Waals surface area contributed by atoms with Crippen LogP contribution >= 0.6 is 11.8 Å². The molecule has 0 aliphatic rings. The lowest BCUT2D eigenvalue weighted by atomic mass is 10.1. The third kappa shape index (κ3) is 4.35. The highest BCUT2D eigenvalue weighted by Gasteiger charge is 2.12. The summed E-state index contributed by atoms with van der Waals surface area (Å²) in [4.78, 5) is 24.2. The molecule has 0 bridgehead atoms. The normalized spacial score (nSPS) is 11.2. The molecule has 0 radical (unpaired) electrons. The van der Waals surface area contributed by atoms with Crippen LogP contribution in [-0.4, -0.2) is 14.8 Å². The number of H-pyrrole nitrogens is 1. The Morgan fingerprint density at radius 2 is 1.90 bits per heavy atom. The standard InChI is InChI=1S/C22H21N3O3S/c1-2-15-8-9-18-17(13-20(26)28-19(18)12-15)14-29-22-24-23-21(27)25(22)11-10-16-6-4-3-5-7-16/h3-9,12-13H,2,10-11,14H2,1H3,(H,23,27). The molecule has 29 heavy (non-hydrogen) atoms. The van der Waals surface area contributed by atoms with E-state index >= 15 is 0 Å². The summed E-state index contributed by atoms with van der Waals surface area (Å²) >= 11 is 1.43. The number of hydrogen-bond donors (Lipinski definition) is 1. The molecule has 0 unspecified atom stereocenters. The summed E-state index contributed by atoms with van der Waals surface area (Å²) in [6.07, 6.45) is 1.62. The number of benzene rings is 2. The molecule has 148 valence electrons. The van der Waals surface area contributed by atoms with Gasteiger partial charge in [-0.15, -0.1) is 5.10 Å². The smallest absolute Gasteiger partial charge is 0.343 e. The lowest BCUT2D eigenvalue weighted by molar-refractivity contribution is 0.559. The van der Waals surface area contributed by atoms with Crippen molar-refractivity contribution in [3.05, 3.63) is 92.2 Å². The molecule has 1 N–H and O–H groups in total. The molecule has 0 spiro atoms. The molecule has 0 atom stereocenters. The fraction of sp³-hybridized carbons (Fsp3) is 0.227. The number of nitrogens with one attached hydrogen (secondary N) is 1. The Hall–Kier alpha value is -3.06. The number of fused-ring (bicyclic) bond motifs is 1. The predicted octanol–water partition coefficient (Wildman–Crippen LogP) is 3.78. The molecule has 6 nitrogen and oxygen atoms in total. The summed E-state index contributed by atoms with van der Waals surface area (Å²) in [6, 6.07) is 17.5. The first kappa shape index (κ1) is 19.3. The van der Waals surface area contributed by atoms with E-state index in [1.165, 1.54) is 17.8 Å². The van der Waals surface area contributed by atoms with Gasteiger partial charge in [0.15, 0.2) is 5.16 Å². The molecule has 7 heteroatoms. The van der Waals surface area contributed by atoms with Crippen molar-refractivity contribution in [3.8, 4) is 0 Å². The van der Waals surface area contributed by atoms with Gasteiger partial charge in [0.1, 0.15) is 5.58 Å². The lowest BCUT2D eigenvalue weighted by Crippen LogP contribution is -2.18. The highest BCUT2D eigenvalue weighted by molar-refractivity contribution is 7.98. The summed E-state index contributed by atoms with van der Waals surface area (Å²) in [7, 11) is 0. The van der Waals surface area contributed by atoms with Gasteiger partial charge in [-0.2, -0.15) is 0 Å². The fourth-order valence-electron chi connectivity index (χ4n) is 3.25. The monoisotopic (exact) mass is 407 g/mol. The Kier molecular flexibility index (Phi) is 5.67. The number of rotatable bonds is 7. The first-order chi connectivity index (χ1) is 14.1. The quantitative estimate of drug-likeness (QED) is 0.373. The van der Waals surface area contributed by atoms with Gasteiger partial charge in [-0.05, 0) is 35.6 Å². The summed E-state index contributed by atoms with van der Waals surface area (Å²) in [5, 5.41) is 8.20. The predicted molar refractivity (Wildman–Crippen MR) is 114 cm³/mol. The summed E-state index contributed by atoms with van der Waals surface area (Å²) in [6.45, 7) is 2.60. The van der Waals surface area contributed by atoms with E-state index in [1.54, 1.807) is 4.57 Å². The minimum atomic E-state index is -0.371. The molecule has 0 aliphatic carbocycles. The molecular formula is C22H21N3O3S. The number of nitrogens with zero attached hydrogens (tertiary/aromatic N) is 2. The van der Waals surface area contributed by atoms with Crippen molar-refractivity contribution in [1.29, 1.82) is 0 Å². The van der Waals surface area contributed by atoms with Crippen LogP contribution in [0.15, 0.2) is 73.8 Å². The van der Waals surface area contributed by atoms with E-state index in [1.807, 2.05) is 48.5 Å². The van der Waals surface area contributed by atoms with Crippen LogP contribution in [0.1, 0.15) is 23.6 Å². The van der Waals surface area contributed by atoms with E-state index in [2.05, 4.69) is 17.1 Å². The second-order valence-corrected chi connectivity index (χ2v) is 7.70. The third-order valence-corrected chi connectivity index (χ3v) is 5.87. The average Bonchev–Trinajstić information content (AvgIpc) is 3.10. The number of thioether (sulfide) groups is 1. The minimum Gasteiger partial charge on any atom is -0.423 e. The number of aromatic amines is 1. The molecule has 0 fully saturated rings. The van der Waals surface area contributed by atoms with Gasteiger partial charge in [-0.25, -0.2) is 14.7 Å². The second kappa shape index (κ2) is 8.53.